The van der Waals surface area contributed by atoms with Crippen molar-refractivity contribution < 1.29 is 13.2 Å². The number of alkyl halides is 3. The molecule has 1 saturated heterocycles. The van der Waals surface area contributed by atoms with E-state index in [0.29, 0.717) is 13.0 Å². The van der Waals surface area contributed by atoms with Gasteiger partial charge in [-0.1, -0.05) is 0 Å². The maximum atomic E-state index is 12.0. The Morgan fingerprint density at radius 3 is 2.32 bits per heavy atom. The maximum Gasteiger partial charge on any atom is 0.389 e. The lowest BCUT2D eigenvalue weighted by atomic mass is 10.0. The van der Waals surface area contributed by atoms with Gasteiger partial charge in [0.25, 0.3) is 0 Å². The molecule has 1 fully saturated rings. The Bertz CT molecular complexity index is 248. The Balaban J connectivity index is 2.10. The van der Waals surface area contributed by atoms with E-state index < -0.39 is 12.6 Å². The summed E-state index contributed by atoms with van der Waals surface area (Å²) in [6, 6.07) is 0. The molecule has 0 saturated carbocycles. The first kappa shape index (κ1) is 16.7. The first-order valence-electron chi connectivity index (χ1n) is 7.04. The first-order chi connectivity index (χ1) is 8.81. The lowest BCUT2D eigenvalue weighted by molar-refractivity contribution is -0.135. The summed E-state index contributed by atoms with van der Waals surface area (Å²) >= 11 is 0. The molecular formula is C13H26F3N3. The quantitative estimate of drug-likeness (QED) is 0.699. The SMILES string of the molecule is CC(C)(CNCCCCC(F)(F)F)N1CCNCC1. The van der Waals surface area contributed by atoms with Gasteiger partial charge in [0.15, 0.2) is 0 Å². The smallest absolute Gasteiger partial charge is 0.315 e. The molecule has 0 atom stereocenters. The second-order valence-electron chi connectivity index (χ2n) is 5.80. The van der Waals surface area contributed by atoms with Crippen LogP contribution in [0.25, 0.3) is 0 Å². The third-order valence-electron chi connectivity index (χ3n) is 3.59. The van der Waals surface area contributed by atoms with E-state index in [-0.39, 0.29) is 12.0 Å². The standard InChI is InChI=1S/C13H26F3N3/c1-12(2,19-9-7-17-8-10-19)11-18-6-4-3-5-13(14,15)16/h17-18H,3-11H2,1-2H3. The highest BCUT2D eigenvalue weighted by Crippen LogP contribution is 2.22. The van der Waals surface area contributed by atoms with Crippen LogP contribution in [0.15, 0.2) is 0 Å². The molecule has 6 heteroatoms. The Labute approximate surface area is 113 Å². The monoisotopic (exact) mass is 281 g/mol. The molecule has 114 valence electrons. The highest BCUT2D eigenvalue weighted by molar-refractivity contribution is 4.86. The summed E-state index contributed by atoms with van der Waals surface area (Å²) in [7, 11) is 0. The van der Waals surface area contributed by atoms with E-state index in [0.717, 1.165) is 32.7 Å². The summed E-state index contributed by atoms with van der Waals surface area (Å²) in [5.74, 6) is 0. The summed E-state index contributed by atoms with van der Waals surface area (Å²) in [5.41, 5.74) is 0.0616. The summed E-state index contributed by atoms with van der Waals surface area (Å²) in [5, 5.41) is 6.60. The second-order valence-corrected chi connectivity index (χ2v) is 5.80. The predicted molar refractivity (Wildman–Crippen MR) is 71.3 cm³/mol. The molecule has 0 aliphatic carbocycles. The third kappa shape index (κ3) is 7.13. The summed E-state index contributed by atoms with van der Waals surface area (Å²) in [6.45, 7) is 9.92. The minimum Gasteiger partial charge on any atom is -0.315 e. The van der Waals surface area contributed by atoms with E-state index >= 15 is 0 Å². The fourth-order valence-corrected chi connectivity index (χ4v) is 2.35. The van der Waals surface area contributed by atoms with Crippen molar-refractivity contribution >= 4 is 0 Å². The molecule has 0 aromatic carbocycles. The van der Waals surface area contributed by atoms with E-state index in [1.54, 1.807) is 0 Å². The van der Waals surface area contributed by atoms with Crippen molar-refractivity contribution in [2.75, 3.05) is 39.3 Å². The number of rotatable bonds is 7. The Hall–Kier alpha value is -0.330. The molecular weight excluding hydrogens is 255 g/mol. The van der Waals surface area contributed by atoms with Gasteiger partial charge in [-0.2, -0.15) is 13.2 Å². The average Bonchev–Trinajstić information content (AvgIpc) is 2.33. The van der Waals surface area contributed by atoms with Crippen molar-refractivity contribution in [2.45, 2.75) is 44.8 Å². The van der Waals surface area contributed by atoms with E-state index in [4.69, 9.17) is 0 Å². The molecule has 1 aliphatic heterocycles. The maximum absolute atomic E-state index is 12.0. The van der Waals surface area contributed by atoms with Crippen LogP contribution in [0, 0.1) is 0 Å². The van der Waals surface area contributed by atoms with Crippen molar-refractivity contribution in [3.63, 3.8) is 0 Å². The summed E-state index contributed by atoms with van der Waals surface area (Å²) < 4.78 is 35.9. The molecule has 3 nitrogen and oxygen atoms in total. The molecule has 1 heterocycles. The van der Waals surface area contributed by atoms with Gasteiger partial charge >= 0.3 is 6.18 Å². The molecule has 0 unspecified atom stereocenters. The van der Waals surface area contributed by atoms with E-state index in [1.165, 1.54) is 0 Å². The number of nitrogens with zero attached hydrogens (tertiary/aromatic N) is 1. The van der Waals surface area contributed by atoms with Crippen LogP contribution in [0.2, 0.25) is 0 Å². The average molecular weight is 281 g/mol. The topological polar surface area (TPSA) is 27.3 Å². The Morgan fingerprint density at radius 1 is 1.11 bits per heavy atom. The van der Waals surface area contributed by atoms with Gasteiger partial charge in [-0.3, -0.25) is 4.90 Å². The largest absolute Gasteiger partial charge is 0.389 e. The Morgan fingerprint density at radius 2 is 1.74 bits per heavy atom. The molecule has 19 heavy (non-hydrogen) atoms. The second kappa shape index (κ2) is 7.45. The van der Waals surface area contributed by atoms with Gasteiger partial charge in [0.1, 0.15) is 0 Å². The van der Waals surface area contributed by atoms with Gasteiger partial charge in [-0.05, 0) is 33.2 Å². The minimum absolute atomic E-state index is 0.0616. The van der Waals surface area contributed by atoms with Crippen LogP contribution in [0.3, 0.4) is 0 Å². The zero-order valence-electron chi connectivity index (χ0n) is 11.9. The van der Waals surface area contributed by atoms with Gasteiger partial charge in [0.05, 0.1) is 0 Å². The Kier molecular flexibility index (Phi) is 6.56. The van der Waals surface area contributed by atoms with E-state index in [9.17, 15) is 13.2 Å². The van der Waals surface area contributed by atoms with Crippen molar-refractivity contribution in [1.82, 2.24) is 15.5 Å². The van der Waals surface area contributed by atoms with E-state index in [1.807, 2.05) is 0 Å². The van der Waals surface area contributed by atoms with Crippen LogP contribution in [-0.2, 0) is 0 Å². The minimum atomic E-state index is -4.01. The van der Waals surface area contributed by atoms with Crippen molar-refractivity contribution in [3.05, 3.63) is 0 Å². The lowest BCUT2D eigenvalue weighted by Crippen LogP contribution is -2.57. The number of unbranched alkanes of at least 4 members (excludes halogenated alkanes) is 1. The van der Waals surface area contributed by atoms with Crippen LogP contribution in [0.4, 0.5) is 13.2 Å². The van der Waals surface area contributed by atoms with Gasteiger partial charge in [0.2, 0.25) is 0 Å². The zero-order valence-corrected chi connectivity index (χ0v) is 11.9. The molecule has 0 spiro atoms. The molecule has 1 aliphatic rings. The highest BCUT2D eigenvalue weighted by Gasteiger charge is 2.27. The van der Waals surface area contributed by atoms with Gasteiger partial charge in [-0.25, -0.2) is 0 Å². The fourth-order valence-electron chi connectivity index (χ4n) is 2.35. The van der Waals surface area contributed by atoms with Crippen molar-refractivity contribution in [2.24, 2.45) is 0 Å². The first-order valence-corrected chi connectivity index (χ1v) is 7.04. The predicted octanol–water partition coefficient (Wildman–Crippen LogP) is 1.99. The lowest BCUT2D eigenvalue weighted by Gasteiger charge is -2.41. The molecule has 0 aromatic heterocycles. The molecule has 0 amide bonds. The fraction of sp³-hybridized carbons (Fsp3) is 1.00. The zero-order chi connectivity index (χ0) is 14.4. The van der Waals surface area contributed by atoms with Crippen molar-refractivity contribution in [3.8, 4) is 0 Å². The number of nitrogens with one attached hydrogen (secondary N) is 2. The molecule has 1 rings (SSSR count). The van der Waals surface area contributed by atoms with Crippen LogP contribution in [0.5, 0.6) is 0 Å². The summed E-state index contributed by atoms with van der Waals surface area (Å²) in [6.07, 6.45) is -3.89. The van der Waals surface area contributed by atoms with Gasteiger partial charge < -0.3 is 10.6 Å². The normalized spacial score (nSPS) is 18.8. The van der Waals surface area contributed by atoms with Crippen molar-refractivity contribution in [1.29, 1.82) is 0 Å². The molecule has 0 aromatic rings. The van der Waals surface area contributed by atoms with Gasteiger partial charge in [0, 0.05) is 44.7 Å². The third-order valence-corrected chi connectivity index (χ3v) is 3.59. The van der Waals surface area contributed by atoms with Crippen LogP contribution >= 0.6 is 0 Å². The molecule has 0 bridgehead atoms. The van der Waals surface area contributed by atoms with E-state index in [2.05, 4.69) is 29.4 Å². The summed E-state index contributed by atoms with van der Waals surface area (Å²) in [4.78, 5) is 2.42. The molecule has 0 radical (unpaired) electrons. The van der Waals surface area contributed by atoms with Gasteiger partial charge in [-0.15, -0.1) is 0 Å². The van der Waals surface area contributed by atoms with Crippen LogP contribution in [-0.4, -0.2) is 55.9 Å². The number of hydrogen-bond acceptors (Lipinski definition) is 3. The number of hydrogen-bond donors (Lipinski definition) is 2. The number of halogens is 3. The van der Waals surface area contributed by atoms with Crippen LogP contribution in [0.1, 0.15) is 33.1 Å². The molecule has 2 N–H and O–H groups in total. The van der Waals surface area contributed by atoms with Crippen LogP contribution < -0.4 is 10.6 Å². The highest BCUT2D eigenvalue weighted by atomic mass is 19.4. The number of piperazine rings is 1.